The minimum atomic E-state index is -0.402. The van der Waals surface area contributed by atoms with Crippen molar-refractivity contribution >= 4 is 23.3 Å². The maximum Gasteiger partial charge on any atom is 0.271 e. The van der Waals surface area contributed by atoms with Gasteiger partial charge < -0.3 is 10.6 Å². The summed E-state index contributed by atoms with van der Waals surface area (Å²) in [6.07, 6.45) is 0. The molecule has 1 unspecified atom stereocenters. The molecule has 138 valence electrons. The molecule has 0 aliphatic heterocycles. The summed E-state index contributed by atoms with van der Waals surface area (Å²) in [7, 11) is 1.53. The first-order valence-corrected chi connectivity index (χ1v) is 8.69. The van der Waals surface area contributed by atoms with Gasteiger partial charge in [0.1, 0.15) is 11.6 Å². The molecule has 0 saturated heterocycles. The molecule has 3 rings (SSSR count). The highest BCUT2D eigenvalue weighted by atomic mass is 35.5. The number of carbonyl (C=O) groups excluding carboxylic acids is 1. The summed E-state index contributed by atoms with van der Waals surface area (Å²) in [5.74, 6) is -0.250. The fourth-order valence-corrected chi connectivity index (χ4v) is 2.92. The maximum atomic E-state index is 13.5. The Kier molecular flexibility index (Phi) is 5.66. The average molecular weight is 385 g/mol. The summed E-state index contributed by atoms with van der Waals surface area (Å²) < 4.78 is 13.5. The molecule has 2 N–H and O–H groups in total. The molecular weight excluding hydrogens is 367 g/mol. The highest BCUT2D eigenvalue weighted by Crippen LogP contribution is 2.31. The van der Waals surface area contributed by atoms with Gasteiger partial charge in [0, 0.05) is 12.1 Å². The van der Waals surface area contributed by atoms with Crippen LogP contribution in [0.4, 0.5) is 10.2 Å². The number of aryl methyl sites for hydroxylation is 1. The van der Waals surface area contributed by atoms with Gasteiger partial charge in [-0.05, 0) is 42.3 Å². The van der Waals surface area contributed by atoms with E-state index in [9.17, 15) is 9.18 Å². The minimum Gasteiger partial charge on any atom is -0.358 e. The number of benzene rings is 2. The zero-order valence-corrected chi connectivity index (χ0v) is 15.6. The Bertz CT molecular complexity index is 945. The average Bonchev–Trinajstić information content (AvgIpc) is 2.67. The van der Waals surface area contributed by atoms with Crippen molar-refractivity contribution < 1.29 is 9.18 Å². The molecule has 1 heterocycles. The van der Waals surface area contributed by atoms with Gasteiger partial charge in [0.15, 0.2) is 5.69 Å². The number of nitrogens with one attached hydrogen (secondary N) is 2. The summed E-state index contributed by atoms with van der Waals surface area (Å²) >= 11 is 6.29. The largest absolute Gasteiger partial charge is 0.358 e. The van der Waals surface area contributed by atoms with Gasteiger partial charge in [-0.3, -0.25) is 4.79 Å². The van der Waals surface area contributed by atoms with E-state index in [-0.39, 0.29) is 17.6 Å². The lowest BCUT2D eigenvalue weighted by atomic mass is 9.97. The van der Waals surface area contributed by atoms with Crippen molar-refractivity contribution in [2.75, 3.05) is 12.4 Å². The number of carbonyl (C=O) groups is 1. The predicted octanol–water partition coefficient (Wildman–Crippen LogP) is 4.14. The fourth-order valence-electron chi connectivity index (χ4n) is 2.64. The normalized spacial score (nSPS) is 11.7. The van der Waals surface area contributed by atoms with Crippen molar-refractivity contribution in [2.45, 2.75) is 13.0 Å². The van der Waals surface area contributed by atoms with Crippen LogP contribution >= 0.6 is 11.6 Å². The number of hydrogen-bond donors (Lipinski definition) is 2. The molecule has 5 nitrogen and oxygen atoms in total. The summed E-state index contributed by atoms with van der Waals surface area (Å²) in [5.41, 5.74) is 2.98. The summed E-state index contributed by atoms with van der Waals surface area (Å²) in [4.78, 5) is 11.6. The Hall–Kier alpha value is -2.99. The van der Waals surface area contributed by atoms with Gasteiger partial charge in [-0.15, -0.1) is 10.2 Å². The van der Waals surface area contributed by atoms with E-state index in [1.807, 2.05) is 31.2 Å². The molecule has 0 aliphatic carbocycles. The van der Waals surface area contributed by atoms with E-state index in [1.165, 1.54) is 19.2 Å². The smallest absolute Gasteiger partial charge is 0.271 e. The van der Waals surface area contributed by atoms with Crippen LogP contribution in [0.5, 0.6) is 0 Å². The van der Waals surface area contributed by atoms with Gasteiger partial charge in [0.25, 0.3) is 5.91 Å². The number of aromatic nitrogens is 2. The first-order chi connectivity index (χ1) is 13.0. The molecule has 0 bridgehead atoms. The Labute approximate surface area is 161 Å². The van der Waals surface area contributed by atoms with Crippen LogP contribution in [0.3, 0.4) is 0 Å². The van der Waals surface area contributed by atoms with Crippen molar-refractivity contribution in [1.29, 1.82) is 0 Å². The SMILES string of the molecule is CNC(=O)c1ccc(NC(c2ccc(C)cc2)c2ccc(F)cc2Cl)nn1. The van der Waals surface area contributed by atoms with Gasteiger partial charge in [-0.25, -0.2) is 4.39 Å². The highest BCUT2D eigenvalue weighted by molar-refractivity contribution is 6.31. The molecule has 0 fully saturated rings. The zero-order valence-electron chi connectivity index (χ0n) is 14.8. The van der Waals surface area contributed by atoms with E-state index in [0.29, 0.717) is 16.4 Å². The second-order valence-corrected chi connectivity index (χ2v) is 6.44. The van der Waals surface area contributed by atoms with Crippen molar-refractivity contribution in [3.05, 3.63) is 87.8 Å². The molecule has 0 spiro atoms. The van der Waals surface area contributed by atoms with Crippen LogP contribution in [0.15, 0.2) is 54.6 Å². The van der Waals surface area contributed by atoms with E-state index in [0.717, 1.165) is 11.1 Å². The Balaban J connectivity index is 1.97. The number of rotatable bonds is 5. The van der Waals surface area contributed by atoms with Crippen LogP contribution in [0.2, 0.25) is 5.02 Å². The van der Waals surface area contributed by atoms with Crippen LogP contribution in [0.1, 0.15) is 33.2 Å². The van der Waals surface area contributed by atoms with Gasteiger partial charge >= 0.3 is 0 Å². The van der Waals surface area contributed by atoms with Crippen molar-refractivity contribution in [3.8, 4) is 0 Å². The number of hydrogen-bond acceptors (Lipinski definition) is 4. The molecule has 1 atom stereocenters. The Morgan fingerprint density at radius 1 is 1.07 bits per heavy atom. The predicted molar refractivity (Wildman–Crippen MR) is 103 cm³/mol. The third-order valence-electron chi connectivity index (χ3n) is 4.10. The quantitative estimate of drug-likeness (QED) is 0.693. The second-order valence-electron chi connectivity index (χ2n) is 6.04. The maximum absolute atomic E-state index is 13.5. The van der Waals surface area contributed by atoms with Gasteiger partial charge in [0.2, 0.25) is 0 Å². The van der Waals surface area contributed by atoms with Crippen molar-refractivity contribution in [2.24, 2.45) is 0 Å². The minimum absolute atomic E-state index is 0.217. The van der Waals surface area contributed by atoms with Crippen LogP contribution in [-0.2, 0) is 0 Å². The van der Waals surface area contributed by atoms with Crippen LogP contribution < -0.4 is 10.6 Å². The number of anilines is 1. The fraction of sp³-hybridized carbons (Fsp3) is 0.150. The lowest BCUT2D eigenvalue weighted by molar-refractivity contribution is 0.0957. The molecule has 27 heavy (non-hydrogen) atoms. The highest BCUT2D eigenvalue weighted by Gasteiger charge is 2.19. The summed E-state index contributed by atoms with van der Waals surface area (Å²) in [5, 5.41) is 14.1. The third kappa shape index (κ3) is 4.41. The number of nitrogens with zero attached hydrogens (tertiary/aromatic N) is 2. The lowest BCUT2D eigenvalue weighted by Gasteiger charge is -2.21. The molecule has 1 aromatic heterocycles. The number of halogens is 2. The standard InChI is InChI=1S/C20H18ClFN4O/c1-12-3-5-13(6-4-12)19(15-8-7-14(22)11-16(15)21)24-18-10-9-17(25-26-18)20(27)23-2/h3-11,19H,1-2H3,(H,23,27)(H,24,26). The van der Waals surface area contributed by atoms with E-state index < -0.39 is 5.82 Å². The van der Waals surface area contributed by atoms with Gasteiger partial charge in [0.05, 0.1) is 6.04 Å². The van der Waals surface area contributed by atoms with Gasteiger partial charge in [-0.2, -0.15) is 0 Å². The van der Waals surface area contributed by atoms with Crippen LogP contribution in [-0.4, -0.2) is 23.2 Å². The number of amides is 1. The molecule has 0 saturated carbocycles. The van der Waals surface area contributed by atoms with Crippen LogP contribution in [0, 0.1) is 12.7 Å². The zero-order chi connectivity index (χ0) is 19.4. The Morgan fingerprint density at radius 2 is 1.81 bits per heavy atom. The van der Waals surface area contributed by atoms with Crippen molar-refractivity contribution in [3.63, 3.8) is 0 Å². The molecule has 0 radical (unpaired) electrons. The topological polar surface area (TPSA) is 66.9 Å². The van der Waals surface area contributed by atoms with Gasteiger partial charge in [-0.1, -0.05) is 47.5 Å². The molecule has 7 heteroatoms. The van der Waals surface area contributed by atoms with E-state index in [2.05, 4.69) is 20.8 Å². The molecule has 0 aliphatic rings. The van der Waals surface area contributed by atoms with Crippen molar-refractivity contribution in [1.82, 2.24) is 15.5 Å². The third-order valence-corrected chi connectivity index (χ3v) is 4.43. The van der Waals surface area contributed by atoms with E-state index in [4.69, 9.17) is 11.6 Å². The van der Waals surface area contributed by atoms with E-state index >= 15 is 0 Å². The summed E-state index contributed by atoms with van der Waals surface area (Å²) in [6.45, 7) is 2.00. The molecular formula is C20H18ClFN4O. The first-order valence-electron chi connectivity index (χ1n) is 8.32. The molecule has 3 aromatic rings. The monoisotopic (exact) mass is 384 g/mol. The molecule has 2 aromatic carbocycles. The Morgan fingerprint density at radius 3 is 2.41 bits per heavy atom. The lowest BCUT2D eigenvalue weighted by Crippen LogP contribution is -2.20. The van der Waals surface area contributed by atoms with Crippen LogP contribution in [0.25, 0.3) is 0 Å². The molecule has 1 amide bonds. The first kappa shape index (κ1) is 18.8. The summed E-state index contributed by atoms with van der Waals surface area (Å²) in [6, 6.07) is 15.1. The van der Waals surface area contributed by atoms with E-state index in [1.54, 1.807) is 18.2 Å². The second kappa shape index (κ2) is 8.14.